The molecule has 0 radical (unpaired) electrons. The van der Waals surface area contributed by atoms with Gasteiger partial charge in [0.05, 0.1) is 5.56 Å². The molecule has 4 N–H and O–H groups in total. The molecule has 9 heteroatoms. The average molecular weight is 405 g/mol. The molecule has 3 rings (SSSR count). The number of aliphatic carboxylic acids is 1. The third kappa shape index (κ3) is 4.78. The van der Waals surface area contributed by atoms with E-state index in [4.69, 9.17) is 5.11 Å². The molecule has 0 unspecified atom stereocenters. The SMILES string of the molecule is O=C(O)CNC(=O)c1c(O)c(C(=O)NC2CCCCC2)cn(C2CCCC2)c1=O. The van der Waals surface area contributed by atoms with E-state index in [0.717, 1.165) is 57.8 Å². The summed E-state index contributed by atoms with van der Waals surface area (Å²) in [6.07, 6.45) is 9.53. The average Bonchev–Trinajstić information content (AvgIpc) is 3.21. The summed E-state index contributed by atoms with van der Waals surface area (Å²) < 4.78 is 1.35. The van der Waals surface area contributed by atoms with Gasteiger partial charge < -0.3 is 25.4 Å². The Balaban J connectivity index is 1.97. The number of nitrogens with one attached hydrogen (secondary N) is 2. The van der Waals surface area contributed by atoms with E-state index < -0.39 is 41.2 Å². The van der Waals surface area contributed by atoms with Crippen LogP contribution in [0.1, 0.15) is 84.5 Å². The van der Waals surface area contributed by atoms with E-state index in [1.165, 1.54) is 10.8 Å². The molecule has 2 fully saturated rings. The van der Waals surface area contributed by atoms with E-state index >= 15 is 0 Å². The second-order valence-electron chi connectivity index (χ2n) is 7.80. The standard InChI is InChI=1S/C20H27N3O6/c24-15(25)10-21-19(28)16-17(26)14(18(27)22-12-6-2-1-3-7-12)11-23(20(16)29)13-8-4-5-9-13/h11-13,26H,1-10H2,(H,21,28)(H,22,27)(H,24,25). The Labute approximate surface area is 168 Å². The van der Waals surface area contributed by atoms with Crippen LogP contribution in [0.4, 0.5) is 0 Å². The number of hydrogen-bond donors (Lipinski definition) is 4. The van der Waals surface area contributed by atoms with Gasteiger partial charge in [-0.2, -0.15) is 0 Å². The van der Waals surface area contributed by atoms with Crippen molar-refractivity contribution < 1.29 is 24.6 Å². The van der Waals surface area contributed by atoms with Crippen LogP contribution in [0.2, 0.25) is 0 Å². The molecule has 1 aromatic heterocycles. The monoisotopic (exact) mass is 405 g/mol. The molecule has 0 spiro atoms. The van der Waals surface area contributed by atoms with Gasteiger partial charge in [0.1, 0.15) is 17.9 Å². The molecule has 0 aromatic carbocycles. The van der Waals surface area contributed by atoms with Crippen LogP contribution < -0.4 is 16.2 Å². The lowest BCUT2D eigenvalue weighted by molar-refractivity contribution is -0.135. The van der Waals surface area contributed by atoms with Gasteiger partial charge in [0.2, 0.25) is 0 Å². The van der Waals surface area contributed by atoms with Gasteiger partial charge in [0, 0.05) is 18.3 Å². The largest absolute Gasteiger partial charge is 0.506 e. The molecule has 0 aliphatic heterocycles. The number of hydrogen-bond acceptors (Lipinski definition) is 5. The Hall–Kier alpha value is -2.84. The molecule has 1 heterocycles. The number of nitrogens with zero attached hydrogens (tertiary/aromatic N) is 1. The van der Waals surface area contributed by atoms with Gasteiger partial charge in [-0.05, 0) is 25.7 Å². The van der Waals surface area contributed by atoms with Crippen molar-refractivity contribution in [1.29, 1.82) is 0 Å². The minimum atomic E-state index is -1.28. The third-order valence-electron chi connectivity index (χ3n) is 5.74. The molecule has 158 valence electrons. The molecular weight excluding hydrogens is 378 g/mol. The second-order valence-corrected chi connectivity index (χ2v) is 7.80. The van der Waals surface area contributed by atoms with Crippen molar-refractivity contribution in [3.63, 3.8) is 0 Å². The van der Waals surface area contributed by atoms with Gasteiger partial charge in [-0.1, -0.05) is 32.1 Å². The van der Waals surface area contributed by atoms with Crippen LogP contribution in [0.3, 0.4) is 0 Å². The quantitative estimate of drug-likeness (QED) is 0.566. The highest BCUT2D eigenvalue weighted by atomic mass is 16.4. The highest BCUT2D eigenvalue weighted by Gasteiger charge is 2.29. The van der Waals surface area contributed by atoms with E-state index in [1.807, 2.05) is 0 Å². The fourth-order valence-electron chi connectivity index (χ4n) is 4.20. The van der Waals surface area contributed by atoms with Gasteiger partial charge in [-0.3, -0.25) is 19.2 Å². The summed E-state index contributed by atoms with van der Waals surface area (Å²) in [7, 11) is 0. The normalized spacial score (nSPS) is 17.8. The van der Waals surface area contributed by atoms with Crippen LogP contribution in [-0.2, 0) is 4.79 Å². The van der Waals surface area contributed by atoms with Crippen LogP contribution in [0.25, 0.3) is 0 Å². The molecule has 0 bridgehead atoms. The van der Waals surface area contributed by atoms with E-state index in [-0.39, 0.29) is 17.6 Å². The summed E-state index contributed by atoms with van der Waals surface area (Å²) in [5.41, 5.74) is -1.44. The Morgan fingerprint density at radius 3 is 2.24 bits per heavy atom. The van der Waals surface area contributed by atoms with Crippen molar-refractivity contribution in [2.75, 3.05) is 6.54 Å². The second kappa shape index (κ2) is 9.11. The van der Waals surface area contributed by atoms with Crippen molar-refractivity contribution in [1.82, 2.24) is 15.2 Å². The summed E-state index contributed by atoms with van der Waals surface area (Å²) in [4.78, 5) is 48.9. The number of aromatic nitrogens is 1. The summed E-state index contributed by atoms with van der Waals surface area (Å²) in [5, 5.41) is 24.4. The first kappa shape index (κ1) is 20.9. The van der Waals surface area contributed by atoms with E-state index in [2.05, 4.69) is 10.6 Å². The van der Waals surface area contributed by atoms with E-state index in [1.54, 1.807) is 0 Å². The number of carboxylic acids is 1. The van der Waals surface area contributed by atoms with Crippen molar-refractivity contribution in [2.45, 2.75) is 69.9 Å². The van der Waals surface area contributed by atoms with E-state index in [0.29, 0.717) is 0 Å². The summed E-state index contributed by atoms with van der Waals surface area (Å²) in [6, 6.07) is -0.165. The molecule has 2 aliphatic carbocycles. The highest BCUT2D eigenvalue weighted by Crippen LogP contribution is 2.30. The fraction of sp³-hybridized carbons (Fsp3) is 0.600. The van der Waals surface area contributed by atoms with E-state index in [9.17, 15) is 24.3 Å². The van der Waals surface area contributed by atoms with Gasteiger partial charge in [0.25, 0.3) is 17.4 Å². The minimum absolute atomic E-state index is 0.00760. The molecular formula is C20H27N3O6. The van der Waals surface area contributed by atoms with Crippen molar-refractivity contribution in [3.05, 3.63) is 27.7 Å². The maximum absolute atomic E-state index is 12.9. The minimum Gasteiger partial charge on any atom is -0.506 e. The molecule has 9 nitrogen and oxygen atoms in total. The molecule has 2 aliphatic rings. The molecule has 29 heavy (non-hydrogen) atoms. The summed E-state index contributed by atoms with van der Waals surface area (Å²) >= 11 is 0. The molecule has 2 amide bonds. The Kier molecular flexibility index (Phi) is 6.56. The molecule has 0 saturated heterocycles. The van der Waals surface area contributed by atoms with Crippen LogP contribution in [0, 0.1) is 0 Å². The number of rotatable bonds is 6. The Morgan fingerprint density at radius 2 is 1.62 bits per heavy atom. The van der Waals surface area contributed by atoms with Crippen LogP contribution in [0.15, 0.2) is 11.0 Å². The van der Waals surface area contributed by atoms with Crippen LogP contribution >= 0.6 is 0 Å². The lowest BCUT2D eigenvalue weighted by Crippen LogP contribution is -2.39. The zero-order valence-corrected chi connectivity index (χ0v) is 16.3. The van der Waals surface area contributed by atoms with Crippen molar-refractivity contribution >= 4 is 17.8 Å². The van der Waals surface area contributed by atoms with Gasteiger partial charge >= 0.3 is 5.97 Å². The first-order valence-electron chi connectivity index (χ1n) is 10.2. The topological polar surface area (TPSA) is 138 Å². The predicted molar refractivity (Wildman–Crippen MR) is 104 cm³/mol. The first-order valence-corrected chi connectivity index (χ1v) is 10.2. The predicted octanol–water partition coefficient (Wildman–Crippen LogP) is 1.55. The van der Waals surface area contributed by atoms with Crippen LogP contribution in [0.5, 0.6) is 5.75 Å². The smallest absolute Gasteiger partial charge is 0.322 e. The Morgan fingerprint density at radius 1 is 1.00 bits per heavy atom. The zero-order valence-electron chi connectivity index (χ0n) is 16.3. The lowest BCUT2D eigenvalue weighted by Gasteiger charge is -2.24. The Bertz CT molecular complexity index is 851. The molecule has 0 atom stereocenters. The third-order valence-corrected chi connectivity index (χ3v) is 5.74. The van der Waals surface area contributed by atoms with Crippen molar-refractivity contribution in [2.24, 2.45) is 0 Å². The van der Waals surface area contributed by atoms with Gasteiger partial charge in [-0.25, -0.2) is 0 Å². The number of amides is 2. The maximum atomic E-state index is 12.9. The van der Waals surface area contributed by atoms with Crippen molar-refractivity contribution in [3.8, 4) is 5.75 Å². The molecule has 2 saturated carbocycles. The number of carbonyl (C=O) groups is 3. The maximum Gasteiger partial charge on any atom is 0.322 e. The number of carbonyl (C=O) groups excluding carboxylic acids is 2. The fourth-order valence-corrected chi connectivity index (χ4v) is 4.20. The summed E-state index contributed by atoms with van der Waals surface area (Å²) in [5.74, 6) is -3.53. The number of pyridine rings is 1. The van der Waals surface area contributed by atoms with Gasteiger partial charge in [0.15, 0.2) is 0 Å². The zero-order chi connectivity index (χ0) is 21.0. The first-order chi connectivity index (χ1) is 13.9. The highest BCUT2D eigenvalue weighted by molar-refractivity contribution is 6.04. The number of aromatic hydroxyl groups is 1. The molecule has 1 aromatic rings. The summed E-state index contributed by atoms with van der Waals surface area (Å²) in [6.45, 7) is -0.695. The lowest BCUT2D eigenvalue weighted by atomic mass is 9.95. The number of carboxylic acid groups (broad SMARTS) is 1. The van der Waals surface area contributed by atoms with Crippen LogP contribution in [-0.4, -0.2) is 45.2 Å². The van der Waals surface area contributed by atoms with Gasteiger partial charge in [-0.15, -0.1) is 0 Å².